The molecule has 1 aromatic carbocycles. The van der Waals surface area contributed by atoms with Crippen molar-refractivity contribution in [2.24, 2.45) is 5.73 Å². The van der Waals surface area contributed by atoms with Crippen LogP contribution in [0.2, 0.25) is 18.1 Å². The van der Waals surface area contributed by atoms with E-state index in [4.69, 9.17) is 14.9 Å². The predicted octanol–water partition coefficient (Wildman–Crippen LogP) is 4.03. The van der Waals surface area contributed by atoms with Crippen LogP contribution in [0.3, 0.4) is 0 Å². The van der Waals surface area contributed by atoms with Crippen LogP contribution in [-0.4, -0.2) is 22.0 Å². The Labute approximate surface area is 124 Å². The Morgan fingerprint density at radius 3 is 2.35 bits per heavy atom. The Bertz CT molecular complexity index is 452. The molecule has 0 saturated heterocycles. The number of aryl methyl sites for hydroxylation is 1. The fraction of sp³-hybridized carbons (Fsp3) is 0.625. The van der Waals surface area contributed by atoms with Crippen molar-refractivity contribution < 1.29 is 9.16 Å². The molecule has 0 fully saturated rings. The summed E-state index contributed by atoms with van der Waals surface area (Å²) in [6, 6.07) is 5.85. The fourth-order valence-electron chi connectivity index (χ4n) is 1.90. The first-order chi connectivity index (χ1) is 9.10. The predicted molar refractivity (Wildman–Crippen MR) is 87.8 cm³/mol. The Hall–Kier alpha value is -0.843. The SMILES string of the molecule is COc1cccc(C)c1[C@H](N)CO[Si](C)(C)C(C)(C)C. The lowest BCUT2D eigenvalue weighted by Gasteiger charge is -2.37. The molecule has 0 aliphatic heterocycles. The van der Waals surface area contributed by atoms with Crippen LogP contribution in [0.5, 0.6) is 5.75 Å². The van der Waals surface area contributed by atoms with E-state index in [0.717, 1.165) is 16.9 Å². The number of hydrogen-bond donors (Lipinski definition) is 1. The smallest absolute Gasteiger partial charge is 0.192 e. The fourth-order valence-corrected chi connectivity index (χ4v) is 2.93. The van der Waals surface area contributed by atoms with Crippen LogP contribution < -0.4 is 10.5 Å². The first kappa shape index (κ1) is 17.2. The van der Waals surface area contributed by atoms with Gasteiger partial charge in [-0.15, -0.1) is 0 Å². The van der Waals surface area contributed by atoms with E-state index in [-0.39, 0.29) is 11.1 Å². The molecule has 0 amide bonds. The Balaban J connectivity index is 2.86. The summed E-state index contributed by atoms with van der Waals surface area (Å²) in [6.07, 6.45) is 0. The molecule has 0 aromatic heterocycles. The third-order valence-corrected chi connectivity index (χ3v) is 8.81. The van der Waals surface area contributed by atoms with Crippen molar-refractivity contribution >= 4 is 8.32 Å². The van der Waals surface area contributed by atoms with Crippen molar-refractivity contribution in [2.75, 3.05) is 13.7 Å². The van der Waals surface area contributed by atoms with E-state index in [1.165, 1.54) is 0 Å². The summed E-state index contributed by atoms with van der Waals surface area (Å²) >= 11 is 0. The summed E-state index contributed by atoms with van der Waals surface area (Å²) in [6.45, 7) is 13.8. The molecule has 0 saturated carbocycles. The average molecular weight is 295 g/mol. The average Bonchev–Trinajstić information content (AvgIpc) is 2.34. The van der Waals surface area contributed by atoms with Gasteiger partial charge in [0.15, 0.2) is 8.32 Å². The lowest BCUT2D eigenvalue weighted by atomic mass is 10.0. The van der Waals surface area contributed by atoms with Gasteiger partial charge in [0, 0.05) is 5.56 Å². The molecule has 20 heavy (non-hydrogen) atoms. The van der Waals surface area contributed by atoms with Crippen molar-refractivity contribution in [3.8, 4) is 5.75 Å². The maximum Gasteiger partial charge on any atom is 0.192 e. The number of rotatable bonds is 5. The molecule has 0 radical (unpaired) electrons. The molecular formula is C16H29NO2Si. The van der Waals surface area contributed by atoms with Gasteiger partial charge in [0.1, 0.15) is 5.75 Å². The highest BCUT2D eigenvalue weighted by molar-refractivity contribution is 6.74. The van der Waals surface area contributed by atoms with Gasteiger partial charge in [-0.3, -0.25) is 0 Å². The highest BCUT2D eigenvalue weighted by Gasteiger charge is 2.37. The summed E-state index contributed by atoms with van der Waals surface area (Å²) in [7, 11) is -0.0861. The molecule has 0 unspecified atom stereocenters. The number of nitrogens with two attached hydrogens (primary N) is 1. The molecule has 0 spiro atoms. The first-order valence-electron chi connectivity index (χ1n) is 7.13. The minimum absolute atomic E-state index is 0.153. The van der Waals surface area contributed by atoms with Crippen LogP contribution >= 0.6 is 0 Å². The van der Waals surface area contributed by atoms with Crippen molar-refractivity contribution in [3.63, 3.8) is 0 Å². The lowest BCUT2D eigenvalue weighted by molar-refractivity contribution is 0.261. The summed E-state index contributed by atoms with van der Waals surface area (Å²) in [5, 5.41) is 0.197. The second-order valence-corrected chi connectivity index (χ2v) is 11.7. The van der Waals surface area contributed by atoms with Crippen LogP contribution in [0.15, 0.2) is 18.2 Å². The first-order valence-corrected chi connectivity index (χ1v) is 10.0. The minimum atomic E-state index is -1.77. The molecular weight excluding hydrogens is 266 g/mol. The zero-order valence-corrected chi connectivity index (χ0v) is 14.9. The van der Waals surface area contributed by atoms with E-state index in [1.54, 1.807) is 7.11 Å². The van der Waals surface area contributed by atoms with Crippen LogP contribution in [0.4, 0.5) is 0 Å². The molecule has 1 atom stereocenters. The van der Waals surface area contributed by atoms with Crippen LogP contribution in [-0.2, 0) is 4.43 Å². The molecule has 3 nitrogen and oxygen atoms in total. The Morgan fingerprint density at radius 1 is 1.25 bits per heavy atom. The topological polar surface area (TPSA) is 44.5 Å². The second kappa shape index (κ2) is 6.29. The van der Waals surface area contributed by atoms with E-state index in [2.05, 4.69) is 46.9 Å². The van der Waals surface area contributed by atoms with Gasteiger partial charge in [0.25, 0.3) is 0 Å². The van der Waals surface area contributed by atoms with Gasteiger partial charge in [-0.25, -0.2) is 0 Å². The number of hydrogen-bond acceptors (Lipinski definition) is 3. The number of methoxy groups -OCH3 is 1. The van der Waals surface area contributed by atoms with E-state index < -0.39 is 8.32 Å². The zero-order chi connectivity index (χ0) is 15.6. The number of benzene rings is 1. The third-order valence-electron chi connectivity index (χ3n) is 4.30. The molecule has 0 aliphatic rings. The van der Waals surface area contributed by atoms with E-state index in [1.807, 2.05) is 12.1 Å². The maximum atomic E-state index is 6.34. The van der Waals surface area contributed by atoms with Crippen molar-refractivity contribution in [1.29, 1.82) is 0 Å². The summed E-state index contributed by atoms with van der Waals surface area (Å²) < 4.78 is 11.6. The van der Waals surface area contributed by atoms with Gasteiger partial charge < -0.3 is 14.9 Å². The minimum Gasteiger partial charge on any atom is -0.496 e. The molecule has 4 heteroatoms. The van der Waals surface area contributed by atoms with Gasteiger partial charge in [-0.05, 0) is 36.7 Å². The highest BCUT2D eigenvalue weighted by Crippen LogP contribution is 2.37. The summed E-state index contributed by atoms with van der Waals surface area (Å²) in [4.78, 5) is 0. The Morgan fingerprint density at radius 2 is 1.85 bits per heavy atom. The van der Waals surface area contributed by atoms with E-state index in [9.17, 15) is 0 Å². The summed E-state index contributed by atoms with van der Waals surface area (Å²) in [5.41, 5.74) is 8.54. The second-order valence-electron chi connectivity index (χ2n) is 6.87. The van der Waals surface area contributed by atoms with Crippen molar-refractivity contribution in [1.82, 2.24) is 0 Å². The van der Waals surface area contributed by atoms with Crippen LogP contribution in [0.25, 0.3) is 0 Å². The van der Waals surface area contributed by atoms with Gasteiger partial charge in [0.05, 0.1) is 19.8 Å². The van der Waals surface area contributed by atoms with Gasteiger partial charge in [0.2, 0.25) is 0 Å². The Kier molecular flexibility index (Phi) is 5.41. The molecule has 1 aromatic rings. The molecule has 1 rings (SSSR count). The van der Waals surface area contributed by atoms with Crippen LogP contribution in [0.1, 0.15) is 37.9 Å². The normalized spacial score (nSPS) is 14.2. The van der Waals surface area contributed by atoms with Gasteiger partial charge in [-0.2, -0.15) is 0 Å². The highest BCUT2D eigenvalue weighted by atomic mass is 28.4. The van der Waals surface area contributed by atoms with Crippen molar-refractivity contribution in [3.05, 3.63) is 29.3 Å². The van der Waals surface area contributed by atoms with Crippen LogP contribution in [0, 0.1) is 6.92 Å². The molecule has 2 N–H and O–H groups in total. The van der Waals surface area contributed by atoms with E-state index in [0.29, 0.717) is 6.61 Å². The third kappa shape index (κ3) is 3.84. The van der Waals surface area contributed by atoms with Gasteiger partial charge >= 0.3 is 0 Å². The van der Waals surface area contributed by atoms with Gasteiger partial charge in [-0.1, -0.05) is 32.9 Å². The largest absolute Gasteiger partial charge is 0.496 e. The zero-order valence-electron chi connectivity index (χ0n) is 13.9. The molecule has 0 heterocycles. The standard InChI is InChI=1S/C16H29NO2Si/c1-12-9-8-10-14(18-5)15(12)13(17)11-19-20(6,7)16(2,3)4/h8-10,13H,11,17H2,1-7H3/t13-/m1/s1. The summed E-state index contributed by atoms with van der Waals surface area (Å²) in [5.74, 6) is 0.844. The molecule has 0 aliphatic carbocycles. The number of ether oxygens (including phenoxy) is 1. The molecule has 114 valence electrons. The molecule has 0 bridgehead atoms. The van der Waals surface area contributed by atoms with Crippen molar-refractivity contribution in [2.45, 2.75) is 51.9 Å². The quantitative estimate of drug-likeness (QED) is 0.834. The maximum absolute atomic E-state index is 6.34. The van der Waals surface area contributed by atoms with E-state index >= 15 is 0 Å². The monoisotopic (exact) mass is 295 g/mol. The lowest BCUT2D eigenvalue weighted by Crippen LogP contribution is -2.42.